The largest absolute Gasteiger partial charge is 0.496 e. The molecule has 0 saturated carbocycles. The minimum absolute atomic E-state index is 0.520. The van der Waals surface area contributed by atoms with Crippen molar-refractivity contribution in [3.63, 3.8) is 0 Å². The molecule has 1 unspecified atom stereocenters. The molecule has 0 fully saturated rings. The Morgan fingerprint density at radius 3 is 2.71 bits per heavy atom. The van der Waals surface area contributed by atoms with E-state index in [9.17, 15) is 4.79 Å². The second-order valence-electron chi connectivity index (χ2n) is 2.59. The van der Waals surface area contributed by atoms with Gasteiger partial charge < -0.3 is 9.84 Å². The van der Waals surface area contributed by atoms with Crippen LogP contribution in [0.3, 0.4) is 0 Å². The molecule has 0 radical (unpaired) electrons. The highest BCUT2D eigenvalue weighted by atomic mass is 79.9. The third-order valence-electron chi connectivity index (χ3n) is 1.69. The molecule has 1 atom stereocenters. The first-order valence-corrected chi connectivity index (χ1v) is 4.99. The van der Waals surface area contributed by atoms with Gasteiger partial charge in [-0.1, -0.05) is 6.07 Å². The number of carboxylic acids is 1. The zero-order chi connectivity index (χ0) is 10.7. The molecule has 76 valence electrons. The van der Waals surface area contributed by atoms with Crippen LogP contribution in [-0.4, -0.2) is 18.2 Å². The van der Waals surface area contributed by atoms with Crippen LogP contribution in [0.1, 0.15) is 10.9 Å². The molecule has 0 aliphatic heterocycles. The van der Waals surface area contributed by atoms with Crippen molar-refractivity contribution in [3.05, 3.63) is 28.2 Å². The first kappa shape index (κ1) is 11.3. The third-order valence-corrected chi connectivity index (χ3v) is 2.74. The van der Waals surface area contributed by atoms with Crippen LogP contribution in [0.5, 0.6) is 5.75 Å². The number of alkyl halides is 1. The highest BCUT2D eigenvalue weighted by Gasteiger charge is 2.17. The fraction of sp³-hybridized carbons (Fsp3) is 0.222. The third kappa shape index (κ3) is 2.39. The summed E-state index contributed by atoms with van der Waals surface area (Å²) in [7, 11) is 1.54. The number of ether oxygens (including phenoxy) is 1. The van der Waals surface area contributed by atoms with Gasteiger partial charge in [0, 0.05) is 0 Å². The number of carboxylic acid groups (broad SMARTS) is 1. The van der Waals surface area contributed by atoms with Gasteiger partial charge in [-0.05, 0) is 33.6 Å². The van der Waals surface area contributed by atoms with Crippen molar-refractivity contribution < 1.29 is 14.6 Å². The second-order valence-corrected chi connectivity index (χ2v) is 3.89. The Kier molecular flexibility index (Phi) is 3.77. The maximum absolute atomic E-state index is 10.6. The number of methoxy groups -OCH3 is 1. The minimum atomic E-state index is -1.07. The lowest BCUT2D eigenvalue weighted by molar-refractivity contribution is -0.136. The smallest absolute Gasteiger partial charge is 0.326 e. The molecule has 0 amide bonds. The summed E-state index contributed by atoms with van der Waals surface area (Å²) in [6.45, 7) is 0. The van der Waals surface area contributed by atoms with Crippen LogP contribution in [0.2, 0.25) is 0 Å². The van der Waals surface area contributed by atoms with Crippen molar-refractivity contribution in [2.75, 3.05) is 7.11 Å². The molecule has 0 bridgehead atoms. The van der Waals surface area contributed by atoms with E-state index < -0.39 is 11.3 Å². The highest BCUT2D eigenvalue weighted by molar-refractivity contribution is 9.10. The fourth-order valence-corrected chi connectivity index (χ4v) is 1.68. The van der Waals surface area contributed by atoms with Gasteiger partial charge in [0.05, 0.1) is 11.6 Å². The topological polar surface area (TPSA) is 46.5 Å². The maximum atomic E-state index is 10.6. The van der Waals surface area contributed by atoms with E-state index in [0.29, 0.717) is 15.8 Å². The summed E-state index contributed by atoms with van der Waals surface area (Å²) in [5, 5.41) is 7.64. The molecule has 1 N–H and O–H groups in total. The van der Waals surface area contributed by atoms with Gasteiger partial charge in [-0.15, -0.1) is 11.6 Å². The number of aliphatic carboxylic acids is 1. The SMILES string of the molecule is COc1ccc(C(Cl)C(=O)O)cc1Br. The maximum Gasteiger partial charge on any atom is 0.326 e. The van der Waals surface area contributed by atoms with Crippen LogP contribution in [0.4, 0.5) is 0 Å². The zero-order valence-corrected chi connectivity index (χ0v) is 9.67. The normalized spacial score (nSPS) is 12.2. The number of hydrogen-bond acceptors (Lipinski definition) is 2. The first-order valence-electron chi connectivity index (χ1n) is 3.76. The van der Waals surface area contributed by atoms with Crippen molar-refractivity contribution in [2.45, 2.75) is 5.38 Å². The van der Waals surface area contributed by atoms with E-state index in [0.717, 1.165) is 0 Å². The van der Waals surface area contributed by atoms with E-state index in [1.165, 1.54) is 7.11 Å². The van der Waals surface area contributed by atoms with Gasteiger partial charge in [0.15, 0.2) is 5.38 Å². The number of rotatable bonds is 3. The van der Waals surface area contributed by atoms with Crippen molar-refractivity contribution in [2.24, 2.45) is 0 Å². The molecule has 1 aromatic carbocycles. The Morgan fingerprint density at radius 2 is 2.29 bits per heavy atom. The molecule has 1 rings (SSSR count). The molecule has 0 aromatic heterocycles. The molecular weight excluding hydrogens is 271 g/mol. The predicted molar refractivity (Wildman–Crippen MR) is 56.9 cm³/mol. The van der Waals surface area contributed by atoms with Crippen LogP contribution in [0.25, 0.3) is 0 Å². The van der Waals surface area contributed by atoms with E-state index in [4.69, 9.17) is 21.4 Å². The molecule has 0 spiro atoms. The van der Waals surface area contributed by atoms with Gasteiger partial charge in [0.2, 0.25) is 0 Å². The number of halogens is 2. The lowest BCUT2D eigenvalue weighted by Gasteiger charge is -2.07. The number of carbonyl (C=O) groups is 1. The van der Waals surface area contributed by atoms with Gasteiger partial charge in [-0.25, -0.2) is 0 Å². The Labute approximate surface area is 94.8 Å². The molecule has 5 heteroatoms. The molecule has 0 heterocycles. The Bertz CT molecular complexity index is 354. The first-order chi connectivity index (χ1) is 6.56. The molecule has 0 aliphatic carbocycles. The summed E-state index contributed by atoms with van der Waals surface area (Å²) in [5.74, 6) is -0.424. The zero-order valence-electron chi connectivity index (χ0n) is 7.33. The van der Waals surface area contributed by atoms with Gasteiger partial charge in [-0.3, -0.25) is 4.79 Å². The van der Waals surface area contributed by atoms with Crippen molar-refractivity contribution >= 4 is 33.5 Å². The average molecular weight is 280 g/mol. The summed E-state index contributed by atoms with van der Waals surface area (Å²) in [5.41, 5.74) is 0.520. The molecule has 1 aromatic rings. The number of benzene rings is 1. The number of hydrogen-bond donors (Lipinski definition) is 1. The average Bonchev–Trinajstić information content (AvgIpc) is 2.16. The van der Waals surface area contributed by atoms with Crippen molar-refractivity contribution in [1.29, 1.82) is 0 Å². The summed E-state index contributed by atoms with van der Waals surface area (Å²) in [6.07, 6.45) is 0. The molecule has 0 saturated heterocycles. The van der Waals surface area contributed by atoms with E-state index in [-0.39, 0.29) is 0 Å². The Morgan fingerprint density at radius 1 is 1.64 bits per heavy atom. The van der Waals surface area contributed by atoms with Crippen molar-refractivity contribution in [3.8, 4) is 5.75 Å². The minimum Gasteiger partial charge on any atom is -0.496 e. The second kappa shape index (κ2) is 4.66. The van der Waals surface area contributed by atoms with Crippen molar-refractivity contribution in [1.82, 2.24) is 0 Å². The lowest BCUT2D eigenvalue weighted by Crippen LogP contribution is -2.04. The van der Waals surface area contributed by atoms with Gasteiger partial charge in [0.25, 0.3) is 0 Å². The van der Waals surface area contributed by atoms with E-state index in [1.54, 1.807) is 18.2 Å². The quantitative estimate of drug-likeness (QED) is 0.866. The molecular formula is C9H8BrClO3. The lowest BCUT2D eigenvalue weighted by atomic mass is 10.1. The molecule has 14 heavy (non-hydrogen) atoms. The van der Waals surface area contributed by atoms with Gasteiger partial charge >= 0.3 is 5.97 Å². The Balaban J connectivity index is 3.02. The fourth-order valence-electron chi connectivity index (χ4n) is 0.983. The summed E-state index contributed by atoms with van der Waals surface area (Å²) in [6, 6.07) is 4.91. The van der Waals surface area contributed by atoms with Gasteiger partial charge in [0.1, 0.15) is 5.75 Å². The van der Waals surface area contributed by atoms with E-state index in [2.05, 4.69) is 15.9 Å². The molecule has 0 aliphatic rings. The van der Waals surface area contributed by atoms with E-state index in [1.807, 2.05) is 0 Å². The van der Waals surface area contributed by atoms with Crippen LogP contribution >= 0.6 is 27.5 Å². The van der Waals surface area contributed by atoms with Crippen LogP contribution in [-0.2, 0) is 4.79 Å². The monoisotopic (exact) mass is 278 g/mol. The van der Waals surface area contributed by atoms with E-state index >= 15 is 0 Å². The van der Waals surface area contributed by atoms with Crippen LogP contribution in [0.15, 0.2) is 22.7 Å². The Hall–Kier alpha value is -0.740. The predicted octanol–water partition coefficient (Wildman–Crippen LogP) is 2.82. The molecule has 3 nitrogen and oxygen atoms in total. The highest BCUT2D eigenvalue weighted by Crippen LogP contribution is 2.30. The summed E-state index contributed by atoms with van der Waals surface area (Å²) in [4.78, 5) is 10.6. The van der Waals surface area contributed by atoms with Crippen LogP contribution in [0, 0.1) is 0 Å². The summed E-state index contributed by atoms with van der Waals surface area (Å²) < 4.78 is 5.69. The van der Waals surface area contributed by atoms with Crippen LogP contribution < -0.4 is 4.74 Å². The standard InChI is InChI=1S/C9H8BrClO3/c1-14-7-3-2-5(4-6(7)10)8(11)9(12)13/h2-4,8H,1H3,(H,12,13). The van der Waals surface area contributed by atoms with Gasteiger partial charge in [-0.2, -0.15) is 0 Å². The summed E-state index contributed by atoms with van der Waals surface area (Å²) >= 11 is 8.90.